The molecule has 3 aliphatic carbocycles. The Hall–Kier alpha value is -1.10. The van der Waals surface area contributed by atoms with E-state index in [0.717, 1.165) is 48.0 Å². The number of aryl methyl sites for hydroxylation is 1. The van der Waals surface area contributed by atoms with Crippen molar-refractivity contribution < 1.29 is 9.90 Å². The summed E-state index contributed by atoms with van der Waals surface area (Å²) >= 11 is 1.66. The fraction of sp³-hybridized carbons (Fsp3) is 0.733. The second-order valence-corrected chi connectivity index (χ2v) is 7.66. The van der Waals surface area contributed by atoms with Crippen LogP contribution in [-0.4, -0.2) is 22.6 Å². The molecule has 5 heteroatoms. The first-order valence-corrected chi connectivity index (χ1v) is 8.48. The molecule has 0 spiro atoms. The van der Waals surface area contributed by atoms with E-state index >= 15 is 0 Å². The maximum atomic E-state index is 11.2. The van der Waals surface area contributed by atoms with E-state index in [1.54, 1.807) is 11.3 Å². The van der Waals surface area contributed by atoms with Crippen LogP contribution in [0.2, 0.25) is 0 Å². The summed E-state index contributed by atoms with van der Waals surface area (Å²) in [5.74, 6) is 1.60. The Bertz CT molecular complexity index is 542. The van der Waals surface area contributed by atoms with Crippen LogP contribution in [0.4, 0.5) is 5.13 Å². The summed E-state index contributed by atoms with van der Waals surface area (Å²) < 4.78 is 0. The van der Waals surface area contributed by atoms with E-state index in [-0.39, 0.29) is 5.92 Å². The zero-order valence-electron chi connectivity index (χ0n) is 11.5. The van der Waals surface area contributed by atoms with Crippen molar-refractivity contribution >= 4 is 22.4 Å². The van der Waals surface area contributed by atoms with Gasteiger partial charge in [-0.3, -0.25) is 4.79 Å². The third kappa shape index (κ3) is 2.03. The van der Waals surface area contributed by atoms with Crippen LogP contribution in [0.1, 0.15) is 48.6 Å². The number of carboxylic acid groups (broad SMARTS) is 1. The Kier molecular flexibility index (Phi) is 2.98. The van der Waals surface area contributed by atoms with E-state index in [2.05, 4.69) is 10.3 Å². The lowest BCUT2D eigenvalue weighted by Crippen LogP contribution is -2.20. The standard InChI is InChI=1S/C15H20N2O2S/c18-14(19)11-3-4-12-13(11)17-15(20-12)16-7-10-6-8-1-2-9(10)5-8/h8-11H,1-7H2,(H,16,17)(H,18,19). The first-order valence-electron chi connectivity index (χ1n) is 7.67. The smallest absolute Gasteiger partial charge is 0.312 e. The van der Waals surface area contributed by atoms with Gasteiger partial charge in [0.2, 0.25) is 0 Å². The van der Waals surface area contributed by atoms with E-state index in [9.17, 15) is 9.90 Å². The van der Waals surface area contributed by atoms with Gasteiger partial charge in [0.05, 0.1) is 5.69 Å². The van der Waals surface area contributed by atoms with Crippen LogP contribution in [-0.2, 0) is 11.2 Å². The molecule has 1 heterocycles. The third-order valence-electron chi connectivity index (χ3n) is 5.42. The molecule has 2 bridgehead atoms. The second-order valence-electron chi connectivity index (χ2n) is 6.57. The number of hydrogen-bond donors (Lipinski definition) is 2. The number of nitrogens with zero attached hydrogens (tertiary/aromatic N) is 1. The zero-order valence-corrected chi connectivity index (χ0v) is 12.3. The molecule has 2 fully saturated rings. The number of aliphatic carboxylic acids is 1. The molecule has 1 aromatic heterocycles. The molecule has 1 aromatic rings. The third-order valence-corrected chi connectivity index (χ3v) is 6.50. The Labute approximate surface area is 122 Å². The lowest BCUT2D eigenvalue weighted by molar-refractivity contribution is -0.138. The number of fused-ring (bicyclic) bond motifs is 3. The molecule has 0 aromatic carbocycles. The van der Waals surface area contributed by atoms with Crippen molar-refractivity contribution in [2.75, 3.05) is 11.9 Å². The summed E-state index contributed by atoms with van der Waals surface area (Å²) in [5.41, 5.74) is 0.818. The summed E-state index contributed by atoms with van der Waals surface area (Å²) in [6.07, 6.45) is 7.25. The topological polar surface area (TPSA) is 62.2 Å². The molecular formula is C15H20N2O2S. The van der Waals surface area contributed by atoms with E-state index in [1.165, 1.54) is 30.6 Å². The summed E-state index contributed by atoms with van der Waals surface area (Å²) in [4.78, 5) is 16.9. The largest absolute Gasteiger partial charge is 0.481 e. The van der Waals surface area contributed by atoms with Crippen molar-refractivity contribution in [2.24, 2.45) is 17.8 Å². The van der Waals surface area contributed by atoms with E-state index in [0.29, 0.717) is 0 Å². The molecule has 2 saturated carbocycles. The summed E-state index contributed by atoms with van der Waals surface area (Å²) in [5, 5.41) is 13.6. The molecule has 0 aliphatic heterocycles. The normalized spacial score (nSPS) is 34.4. The number of hydrogen-bond acceptors (Lipinski definition) is 4. The fourth-order valence-electron chi connectivity index (χ4n) is 4.39. The molecule has 4 atom stereocenters. The number of rotatable bonds is 4. The minimum absolute atomic E-state index is 0.376. The number of aromatic nitrogens is 1. The van der Waals surface area contributed by atoms with E-state index in [1.807, 2.05) is 0 Å². The first kappa shape index (κ1) is 12.6. The van der Waals surface area contributed by atoms with Gasteiger partial charge >= 0.3 is 5.97 Å². The van der Waals surface area contributed by atoms with Crippen LogP contribution in [0.25, 0.3) is 0 Å². The van der Waals surface area contributed by atoms with Gasteiger partial charge in [-0.05, 0) is 49.9 Å². The first-order chi connectivity index (χ1) is 9.70. The van der Waals surface area contributed by atoms with Gasteiger partial charge in [0, 0.05) is 11.4 Å². The van der Waals surface area contributed by atoms with Crippen LogP contribution in [0, 0.1) is 17.8 Å². The van der Waals surface area contributed by atoms with Crippen molar-refractivity contribution in [2.45, 2.75) is 44.4 Å². The Balaban J connectivity index is 1.41. The Morgan fingerprint density at radius 1 is 1.35 bits per heavy atom. The van der Waals surface area contributed by atoms with Gasteiger partial charge in [0.1, 0.15) is 5.92 Å². The van der Waals surface area contributed by atoms with Gasteiger partial charge in [-0.25, -0.2) is 4.98 Å². The summed E-state index contributed by atoms with van der Waals surface area (Å²) in [7, 11) is 0. The predicted octanol–water partition coefficient (Wildman–Crippen LogP) is 3.11. The lowest BCUT2D eigenvalue weighted by Gasteiger charge is -2.21. The quantitative estimate of drug-likeness (QED) is 0.895. The highest BCUT2D eigenvalue weighted by Gasteiger charge is 2.39. The Morgan fingerprint density at radius 2 is 2.25 bits per heavy atom. The summed E-state index contributed by atoms with van der Waals surface area (Å²) in [6.45, 7) is 1.02. The fourth-order valence-corrected chi connectivity index (χ4v) is 5.43. The van der Waals surface area contributed by atoms with Gasteiger partial charge in [-0.2, -0.15) is 0 Å². The maximum Gasteiger partial charge on any atom is 0.312 e. The second kappa shape index (κ2) is 4.72. The van der Waals surface area contributed by atoms with E-state index < -0.39 is 5.97 Å². The minimum atomic E-state index is -0.728. The number of carboxylic acids is 1. The average Bonchev–Trinajstić information content (AvgIpc) is 3.15. The highest BCUT2D eigenvalue weighted by atomic mass is 32.1. The Morgan fingerprint density at radius 3 is 2.95 bits per heavy atom. The van der Waals surface area contributed by atoms with Crippen LogP contribution in [0.5, 0.6) is 0 Å². The minimum Gasteiger partial charge on any atom is -0.481 e. The van der Waals surface area contributed by atoms with Gasteiger partial charge in [0.25, 0.3) is 0 Å². The number of thiazole rings is 1. The van der Waals surface area contributed by atoms with Gasteiger partial charge in [0.15, 0.2) is 5.13 Å². The summed E-state index contributed by atoms with van der Waals surface area (Å²) in [6, 6.07) is 0. The molecule has 0 radical (unpaired) electrons. The molecule has 2 N–H and O–H groups in total. The zero-order chi connectivity index (χ0) is 13.7. The van der Waals surface area contributed by atoms with Crippen molar-refractivity contribution in [3.8, 4) is 0 Å². The molecule has 4 unspecified atom stereocenters. The molecule has 0 amide bonds. The number of carbonyl (C=O) groups is 1. The molecular weight excluding hydrogens is 272 g/mol. The van der Waals surface area contributed by atoms with Crippen LogP contribution in [0.3, 0.4) is 0 Å². The number of nitrogens with one attached hydrogen (secondary N) is 1. The predicted molar refractivity (Wildman–Crippen MR) is 78.2 cm³/mol. The van der Waals surface area contributed by atoms with Crippen LogP contribution < -0.4 is 5.32 Å². The monoisotopic (exact) mass is 292 g/mol. The number of anilines is 1. The maximum absolute atomic E-state index is 11.2. The van der Waals surface area contributed by atoms with Crippen molar-refractivity contribution in [1.29, 1.82) is 0 Å². The van der Waals surface area contributed by atoms with Crippen molar-refractivity contribution in [3.05, 3.63) is 10.6 Å². The van der Waals surface area contributed by atoms with E-state index in [4.69, 9.17) is 0 Å². The average molecular weight is 292 g/mol. The lowest BCUT2D eigenvalue weighted by atomic mass is 9.89. The van der Waals surface area contributed by atoms with Gasteiger partial charge in [-0.15, -0.1) is 11.3 Å². The molecule has 4 nitrogen and oxygen atoms in total. The molecule has 0 saturated heterocycles. The molecule has 4 rings (SSSR count). The molecule has 3 aliphatic rings. The van der Waals surface area contributed by atoms with Crippen LogP contribution >= 0.6 is 11.3 Å². The van der Waals surface area contributed by atoms with Gasteiger partial charge in [-0.1, -0.05) is 6.42 Å². The SMILES string of the molecule is O=C(O)C1CCc2sc(NCC3CC4CCC3C4)nc21. The van der Waals surface area contributed by atoms with Crippen molar-refractivity contribution in [1.82, 2.24) is 4.98 Å². The molecule has 108 valence electrons. The highest BCUT2D eigenvalue weighted by Crippen LogP contribution is 2.48. The molecule has 20 heavy (non-hydrogen) atoms. The highest BCUT2D eigenvalue weighted by molar-refractivity contribution is 7.15. The van der Waals surface area contributed by atoms with Crippen LogP contribution in [0.15, 0.2) is 0 Å². The van der Waals surface area contributed by atoms with Gasteiger partial charge < -0.3 is 10.4 Å². The van der Waals surface area contributed by atoms with Crippen molar-refractivity contribution in [3.63, 3.8) is 0 Å².